The number of aromatic nitrogens is 2. The van der Waals surface area contributed by atoms with Crippen LogP contribution < -0.4 is 0 Å². The van der Waals surface area contributed by atoms with Crippen LogP contribution in [0, 0.1) is 0 Å². The number of pyridine rings is 1. The second kappa shape index (κ2) is 8.34. The molecular formula is C21H27N3O2. The number of aromatic hydroxyl groups is 1. The predicted molar refractivity (Wildman–Crippen MR) is 105 cm³/mol. The molecule has 5 heteroatoms. The van der Waals surface area contributed by atoms with Gasteiger partial charge in [0.1, 0.15) is 0 Å². The van der Waals surface area contributed by atoms with Crippen LogP contribution in [-0.2, 0) is 17.8 Å². The standard InChI is InChI=1S/C21H27N3O2/c1-4-23(5-2)15-16-10-11-18(22-14-16)20-17-8-6-7-9-19(17)24(21(20)25)12-13-26-3/h6-11,14,25H,4-5,12-13,15H2,1-3H3. The van der Waals surface area contributed by atoms with Crippen molar-refractivity contribution in [3.8, 4) is 17.1 Å². The monoisotopic (exact) mass is 353 g/mol. The van der Waals surface area contributed by atoms with Crippen LogP contribution in [0.15, 0.2) is 42.6 Å². The van der Waals surface area contributed by atoms with E-state index in [9.17, 15) is 5.11 Å². The lowest BCUT2D eigenvalue weighted by Crippen LogP contribution is -2.22. The van der Waals surface area contributed by atoms with Crippen LogP contribution in [0.4, 0.5) is 0 Å². The van der Waals surface area contributed by atoms with Crippen LogP contribution in [0.3, 0.4) is 0 Å². The summed E-state index contributed by atoms with van der Waals surface area (Å²) in [7, 11) is 1.67. The summed E-state index contributed by atoms with van der Waals surface area (Å²) in [6, 6.07) is 12.1. The van der Waals surface area contributed by atoms with E-state index in [1.165, 1.54) is 5.56 Å². The Kier molecular flexibility index (Phi) is 5.91. The highest BCUT2D eigenvalue weighted by Gasteiger charge is 2.18. The summed E-state index contributed by atoms with van der Waals surface area (Å²) in [6.45, 7) is 8.40. The molecule has 0 spiro atoms. The summed E-state index contributed by atoms with van der Waals surface area (Å²) in [5.41, 5.74) is 3.75. The predicted octanol–water partition coefficient (Wildman–Crippen LogP) is 3.90. The number of methoxy groups -OCH3 is 1. The summed E-state index contributed by atoms with van der Waals surface area (Å²) < 4.78 is 7.07. The molecule has 0 saturated carbocycles. The molecule has 0 aliphatic rings. The van der Waals surface area contributed by atoms with Crippen LogP contribution >= 0.6 is 0 Å². The molecule has 3 aromatic rings. The molecule has 0 aliphatic carbocycles. The molecule has 0 atom stereocenters. The zero-order valence-electron chi connectivity index (χ0n) is 15.8. The summed E-state index contributed by atoms with van der Waals surface area (Å²) in [5.74, 6) is 0.243. The number of rotatable bonds is 8. The van der Waals surface area contributed by atoms with Gasteiger partial charge in [0.05, 0.1) is 23.4 Å². The number of ether oxygens (including phenoxy) is 1. The van der Waals surface area contributed by atoms with Gasteiger partial charge in [-0.2, -0.15) is 0 Å². The fourth-order valence-corrected chi connectivity index (χ4v) is 3.32. The maximum absolute atomic E-state index is 10.8. The van der Waals surface area contributed by atoms with Crippen molar-refractivity contribution in [2.45, 2.75) is 26.9 Å². The fourth-order valence-electron chi connectivity index (χ4n) is 3.32. The van der Waals surface area contributed by atoms with Gasteiger partial charge in [-0.1, -0.05) is 38.1 Å². The summed E-state index contributed by atoms with van der Waals surface area (Å²) in [5, 5.41) is 11.8. The van der Waals surface area contributed by atoms with Gasteiger partial charge in [-0.25, -0.2) is 0 Å². The minimum Gasteiger partial charge on any atom is -0.494 e. The van der Waals surface area contributed by atoms with E-state index < -0.39 is 0 Å². The van der Waals surface area contributed by atoms with Crippen LogP contribution in [0.5, 0.6) is 5.88 Å². The Labute approximate surface area is 154 Å². The number of nitrogens with zero attached hydrogens (tertiary/aromatic N) is 3. The maximum Gasteiger partial charge on any atom is 0.201 e. The lowest BCUT2D eigenvalue weighted by molar-refractivity contribution is 0.185. The quantitative estimate of drug-likeness (QED) is 0.667. The second-order valence-corrected chi connectivity index (χ2v) is 6.37. The number of hydrogen-bond acceptors (Lipinski definition) is 4. The van der Waals surface area contributed by atoms with Crippen LogP contribution in [0.1, 0.15) is 19.4 Å². The molecule has 26 heavy (non-hydrogen) atoms. The van der Waals surface area contributed by atoms with E-state index in [0.717, 1.165) is 41.8 Å². The van der Waals surface area contributed by atoms with Crippen LogP contribution in [-0.4, -0.2) is 46.4 Å². The maximum atomic E-state index is 10.8. The number of hydrogen-bond donors (Lipinski definition) is 1. The van der Waals surface area contributed by atoms with Crippen LogP contribution in [0.25, 0.3) is 22.2 Å². The zero-order valence-corrected chi connectivity index (χ0v) is 15.8. The lowest BCUT2D eigenvalue weighted by Gasteiger charge is -2.17. The van der Waals surface area contributed by atoms with Gasteiger partial charge in [-0.3, -0.25) is 9.88 Å². The Hall–Kier alpha value is -2.37. The Morgan fingerprint density at radius 1 is 1.12 bits per heavy atom. The highest BCUT2D eigenvalue weighted by atomic mass is 16.5. The first-order valence-corrected chi connectivity index (χ1v) is 9.16. The first-order chi connectivity index (χ1) is 12.7. The van der Waals surface area contributed by atoms with Crippen molar-refractivity contribution in [2.75, 3.05) is 26.8 Å². The summed E-state index contributed by atoms with van der Waals surface area (Å²) in [4.78, 5) is 7.00. The smallest absolute Gasteiger partial charge is 0.201 e. The average Bonchev–Trinajstić information content (AvgIpc) is 2.96. The highest BCUT2D eigenvalue weighted by molar-refractivity contribution is 5.98. The van der Waals surface area contributed by atoms with Gasteiger partial charge in [0.2, 0.25) is 5.88 Å². The topological polar surface area (TPSA) is 50.5 Å². The second-order valence-electron chi connectivity index (χ2n) is 6.37. The molecule has 2 heterocycles. The van der Waals surface area contributed by atoms with E-state index in [4.69, 9.17) is 4.74 Å². The molecule has 0 radical (unpaired) electrons. The van der Waals surface area contributed by atoms with Crippen molar-refractivity contribution < 1.29 is 9.84 Å². The van der Waals surface area contributed by atoms with E-state index >= 15 is 0 Å². The van der Waals surface area contributed by atoms with Crippen molar-refractivity contribution in [2.24, 2.45) is 0 Å². The van der Waals surface area contributed by atoms with Crippen molar-refractivity contribution in [1.82, 2.24) is 14.5 Å². The van der Waals surface area contributed by atoms with E-state index in [0.29, 0.717) is 13.2 Å². The molecule has 3 rings (SSSR count). The van der Waals surface area contributed by atoms with Gasteiger partial charge < -0.3 is 14.4 Å². The average molecular weight is 353 g/mol. The highest BCUT2D eigenvalue weighted by Crippen LogP contribution is 2.38. The van der Waals surface area contributed by atoms with E-state index in [1.807, 2.05) is 41.1 Å². The van der Waals surface area contributed by atoms with Gasteiger partial charge >= 0.3 is 0 Å². The normalized spacial score (nSPS) is 11.5. The molecule has 1 N–H and O–H groups in total. The van der Waals surface area contributed by atoms with Crippen molar-refractivity contribution >= 4 is 10.9 Å². The molecule has 5 nitrogen and oxygen atoms in total. The molecule has 0 saturated heterocycles. The molecule has 0 amide bonds. The molecular weight excluding hydrogens is 326 g/mol. The largest absolute Gasteiger partial charge is 0.494 e. The Bertz CT molecular complexity index is 852. The molecule has 0 aliphatic heterocycles. The number of para-hydroxylation sites is 1. The zero-order chi connectivity index (χ0) is 18.5. The van der Waals surface area contributed by atoms with Gasteiger partial charge in [-0.15, -0.1) is 0 Å². The SMILES string of the molecule is CCN(CC)Cc1ccc(-c2c(O)n(CCOC)c3ccccc23)nc1. The number of fused-ring (bicyclic) bond motifs is 1. The third-order valence-electron chi connectivity index (χ3n) is 4.84. The lowest BCUT2D eigenvalue weighted by atomic mass is 10.1. The third kappa shape index (κ3) is 3.59. The Morgan fingerprint density at radius 3 is 2.54 bits per heavy atom. The van der Waals surface area contributed by atoms with E-state index in [-0.39, 0.29) is 5.88 Å². The first kappa shape index (κ1) is 18.4. The van der Waals surface area contributed by atoms with E-state index in [2.05, 4.69) is 29.8 Å². The van der Waals surface area contributed by atoms with Gasteiger partial charge in [0.15, 0.2) is 0 Å². The Balaban J connectivity index is 1.98. The molecule has 0 bridgehead atoms. The third-order valence-corrected chi connectivity index (χ3v) is 4.84. The van der Waals surface area contributed by atoms with Crippen molar-refractivity contribution in [1.29, 1.82) is 0 Å². The van der Waals surface area contributed by atoms with Gasteiger partial charge in [-0.05, 0) is 30.8 Å². The van der Waals surface area contributed by atoms with Crippen molar-refractivity contribution in [3.05, 3.63) is 48.2 Å². The van der Waals surface area contributed by atoms with Gasteiger partial charge in [0.25, 0.3) is 0 Å². The minimum absolute atomic E-state index is 0.243. The summed E-state index contributed by atoms with van der Waals surface area (Å²) in [6.07, 6.45) is 1.91. The molecule has 2 aromatic heterocycles. The Morgan fingerprint density at radius 2 is 1.88 bits per heavy atom. The van der Waals surface area contributed by atoms with Crippen molar-refractivity contribution in [3.63, 3.8) is 0 Å². The molecule has 0 unspecified atom stereocenters. The molecule has 1 aromatic carbocycles. The summed E-state index contributed by atoms with van der Waals surface area (Å²) >= 11 is 0. The number of benzene rings is 1. The first-order valence-electron chi connectivity index (χ1n) is 9.16. The van der Waals surface area contributed by atoms with Gasteiger partial charge in [0, 0.05) is 31.8 Å². The van der Waals surface area contributed by atoms with E-state index in [1.54, 1.807) is 7.11 Å². The van der Waals surface area contributed by atoms with Crippen LogP contribution in [0.2, 0.25) is 0 Å². The fraction of sp³-hybridized carbons (Fsp3) is 0.381. The minimum atomic E-state index is 0.243. The molecule has 0 fully saturated rings. The molecule has 138 valence electrons.